The van der Waals surface area contributed by atoms with E-state index in [1.165, 1.54) is 7.11 Å². The van der Waals surface area contributed by atoms with Crippen LogP contribution in [0.4, 0.5) is 0 Å². The molecule has 0 spiro atoms. The zero-order chi connectivity index (χ0) is 20.0. The van der Waals surface area contributed by atoms with Crippen molar-refractivity contribution in [3.63, 3.8) is 0 Å². The maximum absolute atomic E-state index is 12.4. The summed E-state index contributed by atoms with van der Waals surface area (Å²) in [5, 5.41) is 17.8. The van der Waals surface area contributed by atoms with E-state index in [1.54, 1.807) is 18.5 Å². The Morgan fingerprint density at radius 1 is 1.37 bits per heavy atom. The molecule has 0 saturated heterocycles. The van der Waals surface area contributed by atoms with Gasteiger partial charge in [0.1, 0.15) is 5.69 Å². The Morgan fingerprint density at radius 2 is 2.11 bits per heavy atom. The third kappa shape index (κ3) is 4.93. The average Bonchev–Trinajstić information content (AvgIpc) is 3.09. The van der Waals surface area contributed by atoms with Crippen molar-refractivity contribution < 1.29 is 19.4 Å². The number of aliphatic hydroxyl groups is 1. The minimum Gasteiger partial charge on any atom is -0.469 e. The van der Waals surface area contributed by atoms with Gasteiger partial charge in [-0.2, -0.15) is 0 Å². The van der Waals surface area contributed by atoms with Gasteiger partial charge in [0.15, 0.2) is 0 Å². The van der Waals surface area contributed by atoms with Crippen LogP contribution >= 0.6 is 0 Å². The molecule has 0 aliphatic rings. The molecule has 7 heteroatoms. The van der Waals surface area contributed by atoms with Crippen LogP contribution in [0.1, 0.15) is 55.7 Å². The highest BCUT2D eigenvalue weighted by Crippen LogP contribution is 2.39. The van der Waals surface area contributed by atoms with Gasteiger partial charge in [-0.1, -0.05) is 30.3 Å². The zero-order valence-electron chi connectivity index (χ0n) is 16.7. The van der Waals surface area contributed by atoms with Gasteiger partial charge in [0, 0.05) is 6.54 Å². The number of methoxy groups -OCH3 is 1. The maximum atomic E-state index is 12.4. The predicted molar refractivity (Wildman–Crippen MR) is 101 cm³/mol. The summed E-state index contributed by atoms with van der Waals surface area (Å²) in [5.41, 5.74) is 2.37. The number of aliphatic hydroxyl groups excluding tert-OH is 1. The van der Waals surface area contributed by atoms with Gasteiger partial charge in [0.05, 0.1) is 38.0 Å². The highest BCUT2D eigenvalue weighted by Gasteiger charge is 2.40. The quantitative estimate of drug-likeness (QED) is 0.678. The second-order valence-electron chi connectivity index (χ2n) is 7.22. The third-order valence-corrected chi connectivity index (χ3v) is 4.65. The molecule has 0 fully saturated rings. The standard InChI is InChI=1S/C20H29N3O4/c1-6-9-23-11-17(21-22-23)13-27-18(20(3,4)19(25)26-5)15-8-7-14(2)16(10-15)12-24/h7-8,10-11,18,24H,6,9,12-13H2,1-5H3/t18-/m1/s1. The van der Waals surface area contributed by atoms with Crippen LogP contribution in [0.5, 0.6) is 0 Å². The molecular formula is C20H29N3O4. The first-order valence-electron chi connectivity index (χ1n) is 9.12. The van der Waals surface area contributed by atoms with E-state index < -0.39 is 11.5 Å². The first kappa shape index (κ1) is 21.1. The minimum absolute atomic E-state index is 0.0730. The van der Waals surface area contributed by atoms with E-state index in [0.717, 1.165) is 29.7 Å². The number of carbonyl (C=O) groups is 1. The molecule has 1 aromatic carbocycles. The largest absolute Gasteiger partial charge is 0.469 e. The monoisotopic (exact) mass is 375 g/mol. The first-order chi connectivity index (χ1) is 12.8. The van der Waals surface area contributed by atoms with Crippen LogP contribution in [-0.4, -0.2) is 33.2 Å². The smallest absolute Gasteiger partial charge is 0.314 e. The van der Waals surface area contributed by atoms with Crippen molar-refractivity contribution in [1.29, 1.82) is 0 Å². The van der Waals surface area contributed by atoms with Gasteiger partial charge < -0.3 is 14.6 Å². The lowest BCUT2D eigenvalue weighted by molar-refractivity contribution is -0.162. The van der Waals surface area contributed by atoms with Crippen molar-refractivity contribution in [2.24, 2.45) is 5.41 Å². The first-order valence-corrected chi connectivity index (χ1v) is 9.12. The van der Waals surface area contributed by atoms with Gasteiger partial charge >= 0.3 is 5.97 Å². The van der Waals surface area contributed by atoms with E-state index in [0.29, 0.717) is 5.69 Å². The maximum Gasteiger partial charge on any atom is 0.314 e. The predicted octanol–water partition coefficient (Wildman–Crippen LogP) is 2.95. The number of hydrogen-bond acceptors (Lipinski definition) is 6. The van der Waals surface area contributed by atoms with Gasteiger partial charge in [-0.05, 0) is 43.9 Å². The molecule has 1 atom stereocenters. The Morgan fingerprint density at radius 3 is 2.74 bits per heavy atom. The molecule has 2 aromatic rings. The highest BCUT2D eigenvalue weighted by atomic mass is 16.5. The molecule has 1 N–H and O–H groups in total. The second-order valence-corrected chi connectivity index (χ2v) is 7.22. The van der Waals surface area contributed by atoms with Crippen molar-refractivity contribution in [3.05, 3.63) is 46.8 Å². The minimum atomic E-state index is -0.920. The lowest BCUT2D eigenvalue weighted by Gasteiger charge is -2.32. The normalized spacial score (nSPS) is 12.8. The molecule has 0 saturated carbocycles. The number of rotatable bonds is 9. The fraction of sp³-hybridized carbons (Fsp3) is 0.550. The van der Waals surface area contributed by atoms with E-state index in [-0.39, 0.29) is 19.2 Å². The SMILES string of the molecule is CCCn1cc(CO[C@H](c2ccc(C)c(CO)c2)C(C)(C)C(=O)OC)nn1. The van der Waals surface area contributed by atoms with Crippen LogP contribution in [0.3, 0.4) is 0 Å². The molecule has 27 heavy (non-hydrogen) atoms. The molecule has 0 amide bonds. The van der Waals surface area contributed by atoms with E-state index in [4.69, 9.17) is 9.47 Å². The number of hydrogen-bond donors (Lipinski definition) is 1. The Kier molecular flexibility index (Phi) is 7.10. The Balaban J connectivity index is 2.30. The molecule has 0 unspecified atom stereocenters. The zero-order valence-corrected chi connectivity index (χ0v) is 16.7. The molecule has 7 nitrogen and oxygen atoms in total. The molecular weight excluding hydrogens is 346 g/mol. The Bertz CT molecular complexity index is 770. The number of esters is 1. The summed E-state index contributed by atoms with van der Waals surface area (Å²) in [4.78, 5) is 12.4. The summed E-state index contributed by atoms with van der Waals surface area (Å²) in [7, 11) is 1.37. The van der Waals surface area contributed by atoms with Crippen molar-refractivity contribution in [1.82, 2.24) is 15.0 Å². The molecule has 1 heterocycles. The lowest BCUT2D eigenvalue weighted by Crippen LogP contribution is -2.34. The van der Waals surface area contributed by atoms with Gasteiger partial charge in [-0.25, -0.2) is 0 Å². The van der Waals surface area contributed by atoms with Crippen LogP contribution in [0.2, 0.25) is 0 Å². The van der Waals surface area contributed by atoms with Gasteiger partial charge in [0.2, 0.25) is 0 Å². The van der Waals surface area contributed by atoms with E-state index in [1.807, 2.05) is 31.3 Å². The molecule has 0 aliphatic carbocycles. The molecule has 2 rings (SSSR count). The van der Waals surface area contributed by atoms with Crippen LogP contribution in [0.25, 0.3) is 0 Å². The fourth-order valence-corrected chi connectivity index (χ4v) is 3.03. The second kappa shape index (κ2) is 9.10. The van der Waals surface area contributed by atoms with Gasteiger partial charge in [0.25, 0.3) is 0 Å². The number of ether oxygens (including phenoxy) is 2. The molecule has 0 bridgehead atoms. The Hall–Kier alpha value is -2.25. The average molecular weight is 375 g/mol. The summed E-state index contributed by atoms with van der Waals surface area (Å²) in [6.07, 6.45) is 2.25. The number of carbonyl (C=O) groups excluding carboxylic acids is 1. The number of benzene rings is 1. The Labute approximate surface area is 160 Å². The molecule has 148 valence electrons. The van der Waals surface area contributed by atoms with Crippen LogP contribution in [-0.2, 0) is 34.0 Å². The van der Waals surface area contributed by atoms with E-state index in [9.17, 15) is 9.90 Å². The van der Waals surface area contributed by atoms with Crippen LogP contribution in [0, 0.1) is 12.3 Å². The fourth-order valence-electron chi connectivity index (χ4n) is 3.03. The van der Waals surface area contributed by atoms with Crippen molar-refractivity contribution in [3.8, 4) is 0 Å². The number of aryl methyl sites for hydroxylation is 2. The summed E-state index contributed by atoms with van der Waals surface area (Å²) in [6, 6.07) is 5.71. The summed E-state index contributed by atoms with van der Waals surface area (Å²) in [6.45, 7) is 8.52. The van der Waals surface area contributed by atoms with Crippen molar-refractivity contribution in [2.75, 3.05) is 7.11 Å². The van der Waals surface area contributed by atoms with Crippen LogP contribution < -0.4 is 0 Å². The topological polar surface area (TPSA) is 86.5 Å². The molecule has 0 radical (unpaired) electrons. The van der Waals surface area contributed by atoms with Gasteiger partial charge in [-0.3, -0.25) is 9.48 Å². The number of nitrogens with zero attached hydrogens (tertiary/aromatic N) is 3. The third-order valence-electron chi connectivity index (χ3n) is 4.65. The summed E-state index contributed by atoms with van der Waals surface area (Å²) < 4.78 is 12.9. The summed E-state index contributed by atoms with van der Waals surface area (Å²) in [5.74, 6) is -0.367. The number of aromatic nitrogens is 3. The van der Waals surface area contributed by atoms with E-state index >= 15 is 0 Å². The molecule has 1 aromatic heterocycles. The van der Waals surface area contributed by atoms with Crippen molar-refractivity contribution in [2.45, 2.75) is 60.0 Å². The lowest BCUT2D eigenvalue weighted by atomic mass is 9.81. The highest BCUT2D eigenvalue weighted by molar-refractivity contribution is 5.77. The van der Waals surface area contributed by atoms with Crippen molar-refractivity contribution >= 4 is 5.97 Å². The van der Waals surface area contributed by atoms with Crippen LogP contribution in [0.15, 0.2) is 24.4 Å². The summed E-state index contributed by atoms with van der Waals surface area (Å²) >= 11 is 0. The van der Waals surface area contributed by atoms with Gasteiger partial charge in [-0.15, -0.1) is 5.10 Å². The van der Waals surface area contributed by atoms with E-state index in [2.05, 4.69) is 17.2 Å². The molecule has 0 aliphatic heterocycles.